The number of hydrogen-bond donors (Lipinski definition) is 0. The fraction of sp³-hybridized carbons (Fsp3) is 0.316. The molecule has 1 atom stereocenters. The lowest BCUT2D eigenvalue weighted by atomic mass is 10.1. The topological polar surface area (TPSA) is 92.0 Å². The largest absolute Gasteiger partial charge is 0.338 e. The van der Waals surface area contributed by atoms with Gasteiger partial charge in [-0.2, -0.15) is 10.3 Å². The summed E-state index contributed by atoms with van der Waals surface area (Å²) >= 11 is 1.46. The molecule has 3 rings (SSSR count). The highest BCUT2D eigenvalue weighted by atomic mass is 32.1. The van der Waals surface area contributed by atoms with Crippen molar-refractivity contribution in [3.05, 3.63) is 47.2 Å². The first kappa shape index (κ1) is 18.7. The molecule has 0 spiro atoms. The van der Waals surface area contributed by atoms with Gasteiger partial charge in [0.2, 0.25) is 0 Å². The summed E-state index contributed by atoms with van der Waals surface area (Å²) in [5.74, 6) is -0.887. The van der Waals surface area contributed by atoms with Crippen molar-refractivity contribution in [2.75, 3.05) is 5.06 Å². The maximum absolute atomic E-state index is 11.5. The SMILES string of the molecule is CC(=O)ON(c1nccc(C(C#N)c2nc3ccccc3s2)n1)C(C)(C)C. The highest BCUT2D eigenvalue weighted by Gasteiger charge is 2.29. The van der Waals surface area contributed by atoms with Gasteiger partial charge in [0.25, 0.3) is 5.95 Å². The van der Waals surface area contributed by atoms with E-state index in [1.165, 1.54) is 23.3 Å². The van der Waals surface area contributed by atoms with Crippen LogP contribution in [0.4, 0.5) is 5.95 Å². The zero-order chi connectivity index (χ0) is 19.6. The monoisotopic (exact) mass is 381 g/mol. The maximum Gasteiger partial charge on any atom is 0.329 e. The number of para-hydroxylation sites is 1. The van der Waals surface area contributed by atoms with Crippen LogP contribution in [0.2, 0.25) is 0 Å². The van der Waals surface area contributed by atoms with E-state index in [-0.39, 0.29) is 5.95 Å². The van der Waals surface area contributed by atoms with E-state index in [1.807, 2.05) is 45.0 Å². The van der Waals surface area contributed by atoms with Crippen LogP contribution in [0.1, 0.15) is 44.3 Å². The second-order valence-electron chi connectivity index (χ2n) is 6.91. The van der Waals surface area contributed by atoms with Crippen LogP contribution < -0.4 is 5.06 Å². The summed E-state index contributed by atoms with van der Waals surface area (Å²) in [6.07, 6.45) is 1.55. The van der Waals surface area contributed by atoms with Crippen LogP contribution in [0.5, 0.6) is 0 Å². The highest BCUT2D eigenvalue weighted by Crippen LogP contribution is 2.31. The summed E-state index contributed by atoms with van der Waals surface area (Å²) in [6.45, 7) is 6.95. The Morgan fingerprint density at radius 1 is 1.26 bits per heavy atom. The van der Waals surface area contributed by atoms with E-state index in [1.54, 1.807) is 12.3 Å². The summed E-state index contributed by atoms with van der Waals surface area (Å²) in [5.41, 5.74) is 0.800. The predicted octanol–water partition coefficient (Wildman–Crippen LogP) is 3.82. The first-order valence-electron chi connectivity index (χ1n) is 8.36. The van der Waals surface area contributed by atoms with Gasteiger partial charge in [0.15, 0.2) is 0 Å². The van der Waals surface area contributed by atoms with Crippen LogP contribution in [-0.4, -0.2) is 26.5 Å². The maximum atomic E-state index is 11.5. The molecule has 3 aromatic rings. The first-order valence-corrected chi connectivity index (χ1v) is 9.18. The number of benzene rings is 1. The molecule has 0 fully saturated rings. The average Bonchev–Trinajstić information content (AvgIpc) is 3.03. The molecule has 0 saturated carbocycles. The van der Waals surface area contributed by atoms with Crippen LogP contribution in [0.15, 0.2) is 36.5 Å². The van der Waals surface area contributed by atoms with Gasteiger partial charge in [0, 0.05) is 13.1 Å². The second-order valence-corrected chi connectivity index (χ2v) is 7.97. The van der Waals surface area contributed by atoms with E-state index in [9.17, 15) is 10.1 Å². The minimum Gasteiger partial charge on any atom is -0.338 e. The molecule has 7 nitrogen and oxygen atoms in total. The molecule has 0 bridgehead atoms. The molecule has 138 valence electrons. The second kappa shape index (κ2) is 7.29. The Hall–Kier alpha value is -3.05. The van der Waals surface area contributed by atoms with Crippen LogP contribution >= 0.6 is 11.3 Å². The molecule has 0 aliphatic heterocycles. The summed E-state index contributed by atoms with van der Waals surface area (Å²) in [4.78, 5) is 30.1. The minimum atomic E-state index is -0.636. The Bertz CT molecular complexity index is 986. The molecule has 0 N–H and O–H groups in total. The molecule has 0 aliphatic rings. The summed E-state index contributed by atoms with van der Waals surface area (Å²) < 4.78 is 1.01. The number of hydrogen-bond acceptors (Lipinski definition) is 8. The zero-order valence-corrected chi connectivity index (χ0v) is 16.3. The Labute approximate surface area is 161 Å². The third kappa shape index (κ3) is 4.04. The third-order valence-corrected chi connectivity index (χ3v) is 4.76. The number of anilines is 1. The van der Waals surface area contributed by atoms with Gasteiger partial charge in [-0.1, -0.05) is 12.1 Å². The van der Waals surface area contributed by atoms with Gasteiger partial charge in [-0.05, 0) is 39.0 Å². The Morgan fingerprint density at radius 3 is 2.63 bits per heavy atom. The zero-order valence-electron chi connectivity index (χ0n) is 15.5. The number of thiazole rings is 1. The molecule has 0 amide bonds. The van der Waals surface area contributed by atoms with Crippen molar-refractivity contribution in [1.29, 1.82) is 5.26 Å². The van der Waals surface area contributed by atoms with Crippen molar-refractivity contribution < 1.29 is 9.63 Å². The molecule has 1 aromatic carbocycles. The number of carbonyl (C=O) groups excluding carboxylic acids is 1. The lowest BCUT2D eigenvalue weighted by Crippen LogP contribution is -2.43. The summed E-state index contributed by atoms with van der Waals surface area (Å²) in [7, 11) is 0. The van der Waals surface area contributed by atoms with Crippen molar-refractivity contribution >= 4 is 33.5 Å². The Kier molecular flexibility index (Phi) is 5.06. The number of nitriles is 1. The van der Waals surface area contributed by atoms with Crippen LogP contribution in [0, 0.1) is 11.3 Å². The van der Waals surface area contributed by atoms with E-state index >= 15 is 0 Å². The number of nitrogens with zero attached hydrogens (tertiary/aromatic N) is 5. The van der Waals surface area contributed by atoms with E-state index in [0.29, 0.717) is 10.7 Å². The Morgan fingerprint density at radius 2 is 2.00 bits per heavy atom. The first-order chi connectivity index (χ1) is 12.8. The molecule has 0 radical (unpaired) electrons. The Balaban J connectivity index is 2.02. The van der Waals surface area contributed by atoms with Crippen LogP contribution in [0.3, 0.4) is 0 Å². The van der Waals surface area contributed by atoms with Gasteiger partial charge < -0.3 is 4.84 Å². The number of hydroxylamine groups is 1. The van der Waals surface area contributed by atoms with Crippen molar-refractivity contribution in [2.45, 2.75) is 39.2 Å². The molecule has 2 aromatic heterocycles. The van der Waals surface area contributed by atoms with E-state index in [2.05, 4.69) is 21.0 Å². The van der Waals surface area contributed by atoms with Crippen molar-refractivity contribution in [3.63, 3.8) is 0 Å². The molecule has 27 heavy (non-hydrogen) atoms. The quantitative estimate of drug-likeness (QED) is 0.634. The van der Waals surface area contributed by atoms with Gasteiger partial charge in [0.1, 0.15) is 10.9 Å². The van der Waals surface area contributed by atoms with Gasteiger partial charge >= 0.3 is 5.97 Å². The van der Waals surface area contributed by atoms with Crippen LogP contribution in [0.25, 0.3) is 10.2 Å². The molecule has 0 saturated heterocycles. The van der Waals surface area contributed by atoms with Gasteiger partial charge in [-0.25, -0.2) is 15.0 Å². The molecular formula is C19H19N5O2S. The van der Waals surface area contributed by atoms with Crippen molar-refractivity contribution in [2.24, 2.45) is 0 Å². The fourth-order valence-electron chi connectivity index (χ4n) is 2.49. The highest BCUT2D eigenvalue weighted by molar-refractivity contribution is 7.18. The van der Waals surface area contributed by atoms with Gasteiger partial charge in [-0.3, -0.25) is 4.79 Å². The number of carbonyl (C=O) groups is 1. The smallest absolute Gasteiger partial charge is 0.329 e. The molecular weight excluding hydrogens is 362 g/mol. The van der Waals surface area contributed by atoms with Crippen molar-refractivity contribution in [1.82, 2.24) is 15.0 Å². The lowest BCUT2D eigenvalue weighted by molar-refractivity contribution is -0.144. The molecule has 0 aliphatic carbocycles. The normalized spacial score (nSPS) is 12.4. The standard InChI is InChI=1S/C19H19N5O2S/c1-12(25)26-24(19(2,3)4)18-21-10-9-14(23-18)13(11-20)17-22-15-7-5-6-8-16(15)27-17/h5-10,13H,1-4H3. The summed E-state index contributed by atoms with van der Waals surface area (Å²) in [6, 6.07) is 11.7. The minimum absolute atomic E-state index is 0.219. The number of fused-ring (bicyclic) bond motifs is 1. The van der Waals surface area contributed by atoms with E-state index in [0.717, 1.165) is 10.2 Å². The fourth-order valence-corrected chi connectivity index (χ4v) is 3.51. The van der Waals surface area contributed by atoms with Crippen LogP contribution in [-0.2, 0) is 9.63 Å². The molecule has 8 heteroatoms. The number of aromatic nitrogens is 3. The van der Waals surface area contributed by atoms with E-state index < -0.39 is 17.4 Å². The molecule has 2 heterocycles. The third-order valence-electron chi connectivity index (χ3n) is 3.66. The summed E-state index contributed by atoms with van der Waals surface area (Å²) in [5, 5.41) is 11.8. The predicted molar refractivity (Wildman–Crippen MR) is 103 cm³/mol. The van der Waals surface area contributed by atoms with E-state index in [4.69, 9.17) is 4.84 Å². The van der Waals surface area contributed by atoms with Gasteiger partial charge in [-0.15, -0.1) is 11.3 Å². The van der Waals surface area contributed by atoms with Crippen molar-refractivity contribution in [3.8, 4) is 6.07 Å². The lowest BCUT2D eigenvalue weighted by Gasteiger charge is -2.32. The molecule has 1 unspecified atom stereocenters. The number of rotatable bonds is 4. The average molecular weight is 381 g/mol. The van der Waals surface area contributed by atoms with Gasteiger partial charge in [0.05, 0.1) is 27.5 Å².